The molecule has 2 aromatic carbocycles. The second-order valence-corrected chi connectivity index (χ2v) is 8.02. The van der Waals surface area contributed by atoms with Crippen molar-refractivity contribution >= 4 is 38.7 Å². The van der Waals surface area contributed by atoms with Crippen LogP contribution in [0, 0.1) is 12.7 Å². The molecule has 0 saturated carbocycles. The highest BCUT2D eigenvalue weighted by atomic mass is 35.5. The van der Waals surface area contributed by atoms with Crippen molar-refractivity contribution in [2.75, 3.05) is 22.9 Å². The zero-order chi connectivity index (χ0) is 19.3. The van der Waals surface area contributed by atoms with Gasteiger partial charge < -0.3 is 10.6 Å². The van der Waals surface area contributed by atoms with Crippen LogP contribution in [0.2, 0.25) is 5.02 Å². The third-order valence-electron chi connectivity index (χ3n) is 3.55. The van der Waals surface area contributed by atoms with Gasteiger partial charge in [-0.2, -0.15) is 0 Å². The highest BCUT2D eigenvalue weighted by Crippen LogP contribution is 2.22. The van der Waals surface area contributed by atoms with Gasteiger partial charge in [0.15, 0.2) is 9.84 Å². The highest BCUT2D eigenvalue weighted by Gasteiger charge is 2.14. The molecule has 138 valence electrons. The van der Waals surface area contributed by atoms with Crippen molar-refractivity contribution in [3.63, 3.8) is 0 Å². The van der Waals surface area contributed by atoms with Gasteiger partial charge in [0.05, 0.1) is 22.2 Å². The number of anilines is 2. The van der Waals surface area contributed by atoms with Crippen molar-refractivity contribution in [1.82, 2.24) is 0 Å². The fraction of sp³-hybridized carbons (Fsp3) is 0.167. The van der Waals surface area contributed by atoms with Crippen LogP contribution in [-0.2, 0) is 14.6 Å². The van der Waals surface area contributed by atoms with Crippen molar-refractivity contribution in [3.8, 4) is 0 Å². The van der Waals surface area contributed by atoms with Gasteiger partial charge in [0.1, 0.15) is 5.82 Å². The van der Waals surface area contributed by atoms with E-state index in [0.29, 0.717) is 11.4 Å². The van der Waals surface area contributed by atoms with Gasteiger partial charge in [0, 0.05) is 11.4 Å². The predicted octanol–water partition coefficient (Wildman–Crippen LogP) is 3.80. The molecule has 2 rings (SSSR count). The molecule has 26 heavy (non-hydrogen) atoms. The van der Waals surface area contributed by atoms with Crippen LogP contribution in [0.25, 0.3) is 0 Å². The minimum atomic E-state index is -3.45. The van der Waals surface area contributed by atoms with Gasteiger partial charge in [-0.3, -0.25) is 4.79 Å². The van der Waals surface area contributed by atoms with E-state index < -0.39 is 15.7 Å². The highest BCUT2D eigenvalue weighted by molar-refractivity contribution is 7.91. The van der Waals surface area contributed by atoms with Crippen LogP contribution < -0.4 is 10.6 Å². The van der Waals surface area contributed by atoms with E-state index in [9.17, 15) is 17.6 Å². The molecule has 0 aromatic heterocycles. The van der Waals surface area contributed by atoms with Gasteiger partial charge in [-0.05, 0) is 42.8 Å². The van der Waals surface area contributed by atoms with Gasteiger partial charge in [-0.15, -0.1) is 6.58 Å². The van der Waals surface area contributed by atoms with Crippen molar-refractivity contribution in [2.45, 2.75) is 11.8 Å². The molecule has 0 aliphatic carbocycles. The quantitative estimate of drug-likeness (QED) is 0.698. The number of sulfone groups is 1. The molecule has 5 nitrogen and oxygen atoms in total. The second kappa shape index (κ2) is 8.33. The summed E-state index contributed by atoms with van der Waals surface area (Å²) in [6, 6.07) is 8.52. The van der Waals surface area contributed by atoms with E-state index in [4.69, 9.17) is 11.6 Å². The first-order chi connectivity index (χ1) is 12.2. The zero-order valence-electron chi connectivity index (χ0n) is 14.1. The van der Waals surface area contributed by atoms with Gasteiger partial charge in [0.2, 0.25) is 5.91 Å². The average Bonchev–Trinajstić information content (AvgIpc) is 2.57. The molecule has 0 aliphatic rings. The van der Waals surface area contributed by atoms with E-state index in [1.807, 2.05) is 0 Å². The first-order valence-electron chi connectivity index (χ1n) is 7.66. The molecule has 8 heteroatoms. The van der Waals surface area contributed by atoms with Crippen LogP contribution >= 0.6 is 11.6 Å². The lowest BCUT2D eigenvalue weighted by Crippen LogP contribution is -2.22. The van der Waals surface area contributed by atoms with Gasteiger partial charge in [-0.1, -0.05) is 23.7 Å². The third kappa shape index (κ3) is 5.06. The summed E-state index contributed by atoms with van der Waals surface area (Å²) in [5.74, 6) is -1.12. The Morgan fingerprint density at radius 1 is 1.27 bits per heavy atom. The summed E-state index contributed by atoms with van der Waals surface area (Å²) in [5.41, 5.74) is 1.69. The lowest BCUT2D eigenvalue weighted by Gasteiger charge is -2.12. The summed E-state index contributed by atoms with van der Waals surface area (Å²) in [7, 11) is -3.45. The summed E-state index contributed by atoms with van der Waals surface area (Å²) in [4.78, 5) is 12.2. The van der Waals surface area contributed by atoms with E-state index in [1.54, 1.807) is 13.0 Å². The molecule has 0 bridgehead atoms. The Balaban J connectivity index is 2.07. The van der Waals surface area contributed by atoms with Crippen LogP contribution in [0.4, 0.5) is 15.8 Å². The fourth-order valence-corrected chi connectivity index (χ4v) is 3.45. The summed E-state index contributed by atoms with van der Waals surface area (Å²) >= 11 is 5.67. The van der Waals surface area contributed by atoms with E-state index in [0.717, 1.165) is 11.6 Å². The molecular weight excluding hydrogens is 379 g/mol. The molecule has 0 saturated heterocycles. The Morgan fingerprint density at radius 3 is 2.65 bits per heavy atom. The molecule has 0 radical (unpaired) electrons. The SMILES string of the molecule is C=CCS(=O)(=O)c1ccc(C)c(NCC(=O)Nc2ccc(F)c(Cl)c2)c1. The molecule has 1 amide bonds. The predicted molar refractivity (Wildman–Crippen MR) is 102 cm³/mol. The maximum atomic E-state index is 13.1. The van der Waals surface area contributed by atoms with Gasteiger partial charge >= 0.3 is 0 Å². The van der Waals surface area contributed by atoms with Crippen molar-refractivity contribution in [1.29, 1.82) is 0 Å². The van der Waals surface area contributed by atoms with Crippen LogP contribution in [0.15, 0.2) is 53.9 Å². The number of carbonyl (C=O) groups is 1. The summed E-state index contributed by atoms with van der Waals surface area (Å²) < 4.78 is 37.4. The number of aryl methyl sites for hydroxylation is 1. The monoisotopic (exact) mass is 396 g/mol. The standard InChI is InChI=1S/C18H18ClFN2O3S/c1-3-8-26(24,25)14-6-4-12(2)17(10-14)21-11-18(23)22-13-5-7-16(20)15(19)9-13/h3-7,9-10,21H,1,8,11H2,2H3,(H,22,23). The molecule has 0 heterocycles. The lowest BCUT2D eigenvalue weighted by atomic mass is 10.2. The molecule has 2 N–H and O–H groups in total. The molecule has 0 atom stereocenters. The molecule has 0 fully saturated rings. The number of carbonyl (C=O) groups excluding carboxylic acids is 1. The maximum Gasteiger partial charge on any atom is 0.243 e. The van der Waals surface area contributed by atoms with Crippen molar-refractivity contribution < 1.29 is 17.6 Å². The number of halogens is 2. The third-order valence-corrected chi connectivity index (χ3v) is 5.48. The first kappa shape index (κ1) is 19.9. The zero-order valence-corrected chi connectivity index (χ0v) is 15.6. The first-order valence-corrected chi connectivity index (χ1v) is 9.69. The number of nitrogens with one attached hydrogen (secondary N) is 2. The number of benzene rings is 2. The van der Waals surface area contributed by atoms with E-state index >= 15 is 0 Å². The normalized spacial score (nSPS) is 11.0. The number of hydrogen-bond donors (Lipinski definition) is 2. The Labute approximate surface area is 156 Å². The van der Waals surface area contributed by atoms with Crippen LogP contribution in [0.5, 0.6) is 0 Å². The van der Waals surface area contributed by atoms with E-state index in [1.165, 1.54) is 30.3 Å². The molecule has 0 spiro atoms. The van der Waals surface area contributed by atoms with E-state index in [-0.39, 0.29) is 28.1 Å². The number of amides is 1. The Kier molecular flexibility index (Phi) is 6.39. The Bertz CT molecular complexity index is 945. The Morgan fingerprint density at radius 2 is 2.00 bits per heavy atom. The fourth-order valence-electron chi connectivity index (χ4n) is 2.19. The average molecular weight is 397 g/mol. The summed E-state index contributed by atoms with van der Waals surface area (Å²) in [6.07, 6.45) is 1.32. The van der Waals surface area contributed by atoms with E-state index in [2.05, 4.69) is 17.2 Å². The smallest absolute Gasteiger partial charge is 0.243 e. The van der Waals surface area contributed by atoms with Crippen LogP contribution in [0.3, 0.4) is 0 Å². The number of hydrogen-bond acceptors (Lipinski definition) is 4. The van der Waals surface area contributed by atoms with Crippen LogP contribution in [0.1, 0.15) is 5.56 Å². The minimum Gasteiger partial charge on any atom is -0.376 e. The molecular formula is C18H18ClFN2O3S. The molecule has 2 aromatic rings. The summed E-state index contributed by atoms with van der Waals surface area (Å²) in [5, 5.41) is 5.39. The van der Waals surface area contributed by atoms with Crippen LogP contribution in [-0.4, -0.2) is 26.6 Å². The topological polar surface area (TPSA) is 75.3 Å². The lowest BCUT2D eigenvalue weighted by molar-refractivity contribution is -0.114. The summed E-state index contributed by atoms with van der Waals surface area (Å²) in [6.45, 7) is 5.14. The number of rotatable bonds is 7. The van der Waals surface area contributed by atoms with Gasteiger partial charge in [0.25, 0.3) is 0 Å². The maximum absolute atomic E-state index is 13.1. The van der Waals surface area contributed by atoms with Crippen molar-refractivity contribution in [3.05, 3.63) is 65.5 Å². The van der Waals surface area contributed by atoms with Crippen molar-refractivity contribution in [2.24, 2.45) is 0 Å². The molecule has 0 aliphatic heterocycles. The second-order valence-electron chi connectivity index (χ2n) is 5.58. The van der Waals surface area contributed by atoms with Gasteiger partial charge in [-0.25, -0.2) is 12.8 Å². The Hall–Kier alpha value is -2.38. The minimum absolute atomic E-state index is 0.0910. The largest absolute Gasteiger partial charge is 0.376 e. The molecule has 0 unspecified atom stereocenters.